The van der Waals surface area contributed by atoms with Crippen molar-refractivity contribution < 1.29 is 9.21 Å². The van der Waals surface area contributed by atoms with Crippen molar-refractivity contribution in [3.8, 4) is 22.6 Å². The summed E-state index contributed by atoms with van der Waals surface area (Å²) in [7, 11) is 0. The van der Waals surface area contributed by atoms with Gasteiger partial charge in [0, 0.05) is 16.8 Å². The van der Waals surface area contributed by atoms with E-state index in [-0.39, 0.29) is 11.7 Å². The third-order valence-corrected chi connectivity index (χ3v) is 5.18. The van der Waals surface area contributed by atoms with Crippen molar-refractivity contribution in [3.05, 3.63) is 90.5 Å². The molecule has 144 valence electrons. The van der Waals surface area contributed by atoms with E-state index in [0.717, 1.165) is 28.1 Å². The van der Waals surface area contributed by atoms with Crippen LogP contribution in [0.5, 0.6) is 0 Å². The number of thioether (sulfide) groups is 1. The lowest BCUT2D eigenvalue weighted by molar-refractivity contribution is -0.113. The van der Waals surface area contributed by atoms with E-state index in [1.54, 1.807) is 0 Å². The molecule has 0 saturated carbocycles. The van der Waals surface area contributed by atoms with E-state index in [0.29, 0.717) is 11.0 Å². The molecule has 0 atom stereocenters. The highest BCUT2D eigenvalue weighted by Crippen LogP contribution is 2.35. The summed E-state index contributed by atoms with van der Waals surface area (Å²) in [5.74, 6) is 0.828. The second-order valence-corrected chi connectivity index (χ2v) is 7.52. The minimum absolute atomic E-state index is 0.0976. The number of benzene rings is 3. The van der Waals surface area contributed by atoms with E-state index in [9.17, 15) is 4.79 Å². The first-order valence-electron chi connectivity index (χ1n) is 9.30. The minimum Gasteiger partial charge on any atom is -0.431 e. The molecule has 0 fully saturated rings. The highest BCUT2D eigenvalue weighted by atomic mass is 32.2. The Morgan fingerprint density at radius 1 is 0.897 bits per heavy atom. The molecule has 3 aromatic carbocycles. The van der Waals surface area contributed by atoms with Crippen molar-refractivity contribution in [3.63, 3.8) is 0 Å². The molecule has 0 aliphatic carbocycles. The predicted octanol–water partition coefficient (Wildman–Crippen LogP) is 6.05. The van der Waals surface area contributed by atoms with Gasteiger partial charge >= 0.3 is 0 Å². The predicted molar refractivity (Wildman–Crippen MR) is 118 cm³/mol. The van der Waals surface area contributed by atoms with Crippen molar-refractivity contribution >= 4 is 23.4 Å². The van der Waals surface area contributed by atoms with E-state index < -0.39 is 0 Å². The average molecular weight is 401 g/mol. The number of aryl methyl sites for hydroxylation is 1. The van der Waals surface area contributed by atoms with E-state index >= 15 is 0 Å². The number of hydrogen-bond acceptors (Lipinski definition) is 4. The lowest BCUT2D eigenvalue weighted by atomic mass is 10.1. The molecular weight excluding hydrogens is 380 g/mol. The first kappa shape index (κ1) is 19.0. The molecule has 1 N–H and O–H groups in total. The van der Waals surface area contributed by atoms with Crippen LogP contribution in [-0.2, 0) is 4.79 Å². The van der Waals surface area contributed by atoms with Gasteiger partial charge in [-0.2, -0.15) is 0 Å². The van der Waals surface area contributed by atoms with Gasteiger partial charge in [0.15, 0.2) is 5.76 Å². The Morgan fingerprint density at radius 3 is 2.17 bits per heavy atom. The van der Waals surface area contributed by atoms with Gasteiger partial charge in [0.2, 0.25) is 5.91 Å². The van der Waals surface area contributed by atoms with Crippen molar-refractivity contribution in [1.82, 2.24) is 4.98 Å². The highest BCUT2D eigenvalue weighted by Gasteiger charge is 2.18. The van der Waals surface area contributed by atoms with Crippen molar-refractivity contribution in [2.24, 2.45) is 0 Å². The molecule has 4 aromatic rings. The van der Waals surface area contributed by atoms with Crippen LogP contribution in [0, 0.1) is 6.92 Å². The summed E-state index contributed by atoms with van der Waals surface area (Å²) >= 11 is 1.29. The number of nitrogens with one attached hydrogen (secondary N) is 1. The van der Waals surface area contributed by atoms with Gasteiger partial charge in [-0.25, -0.2) is 4.98 Å². The Balaban J connectivity index is 1.53. The molecule has 4 nitrogen and oxygen atoms in total. The van der Waals surface area contributed by atoms with E-state index in [4.69, 9.17) is 4.42 Å². The maximum atomic E-state index is 12.3. The Hall–Kier alpha value is -3.31. The first-order chi connectivity index (χ1) is 14.2. The lowest BCUT2D eigenvalue weighted by Gasteiger charge is -2.04. The molecule has 1 heterocycles. The fourth-order valence-electron chi connectivity index (χ4n) is 2.90. The summed E-state index contributed by atoms with van der Waals surface area (Å²) in [5.41, 5.74) is 4.64. The lowest BCUT2D eigenvalue weighted by Crippen LogP contribution is -2.13. The number of rotatable bonds is 6. The van der Waals surface area contributed by atoms with E-state index in [1.165, 1.54) is 11.8 Å². The molecule has 5 heteroatoms. The smallest absolute Gasteiger partial charge is 0.257 e. The van der Waals surface area contributed by atoms with Gasteiger partial charge in [-0.05, 0) is 19.1 Å². The summed E-state index contributed by atoms with van der Waals surface area (Å²) in [4.78, 5) is 17.0. The zero-order chi connectivity index (χ0) is 20.1. The molecule has 0 aliphatic rings. The number of oxazole rings is 1. The number of amides is 1. The topological polar surface area (TPSA) is 55.1 Å². The zero-order valence-electron chi connectivity index (χ0n) is 16.0. The summed E-state index contributed by atoms with van der Waals surface area (Å²) < 4.78 is 6.04. The second-order valence-electron chi connectivity index (χ2n) is 6.59. The van der Waals surface area contributed by atoms with Crippen molar-refractivity contribution in [1.29, 1.82) is 0 Å². The van der Waals surface area contributed by atoms with Crippen LogP contribution in [0.25, 0.3) is 22.6 Å². The number of aromatic nitrogens is 1. The number of anilines is 1. The Morgan fingerprint density at radius 2 is 1.52 bits per heavy atom. The zero-order valence-corrected chi connectivity index (χ0v) is 16.8. The molecule has 0 aliphatic heterocycles. The van der Waals surface area contributed by atoms with Crippen LogP contribution in [-0.4, -0.2) is 16.6 Å². The summed E-state index contributed by atoms with van der Waals surface area (Å²) in [6.45, 7) is 2.01. The fourth-order valence-corrected chi connectivity index (χ4v) is 3.53. The maximum absolute atomic E-state index is 12.3. The standard InChI is InChI=1S/C24H20N2O2S/c1-17-12-14-20(15-13-17)25-21(27)16-29-24-26-22(18-8-4-2-5-9-18)23(28-24)19-10-6-3-7-11-19/h2-15H,16H2,1H3,(H,25,27). The molecule has 29 heavy (non-hydrogen) atoms. The molecule has 0 unspecified atom stereocenters. The minimum atomic E-state index is -0.0976. The third-order valence-electron chi connectivity index (χ3n) is 4.35. The number of carbonyl (C=O) groups excluding carboxylic acids is 1. The van der Waals surface area contributed by atoms with Gasteiger partial charge in [0.25, 0.3) is 5.22 Å². The molecule has 0 spiro atoms. The van der Waals surface area contributed by atoms with Crippen molar-refractivity contribution in [2.75, 3.05) is 11.1 Å². The number of nitrogens with zero attached hydrogens (tertiary/aromatic N) is 1. The molecule has 0 radical (unpaired) electrons. The Kier molecular flexibility index (Phi) is 5.77. The van der Waals surface area contributed by atoms with E-state index in [1.807, 2.05) is 91.9 Å². The van der Waals surface area contributed by atoms with Crippen LogP contribution in [0.4, 0.5) is 5.69 Å². The largest absolute Gasteiger partial charge is 0.431 e. The normalized spacial score (nSPS) is 10.7. The van der Waals surface area contributed by atoms with Crippen molar-refractivity contribution in [2.45, 2.75) is 12.1 Å². The monoisotopic (exact) mass is 400 g/mol. The van der Waals surface area contributed by atoms with Gasteiger partial charge in [-0.15, -0.1) is 0 Å². The first-order valence-corrected chi connectivity index (χ1v) is 10.3. The van der Waals surface area contributed by atoms with Crippen LogP contribution in [0.2, 0.25) is 0 Å². The molecule has 0 bridgehead atoms. The number of hydrogen-bond donors (Lipinski definition) is 1. The van der Waals surface area contributed by atoms with Gasteiger partial charge in [-0.1, -0.05) is 90.1 Å². The second kappa shape index (κ2) is 8.80. The number of carbonyl (C=O) groups is 1. The Bertz CT molecular complexity index is 1030. The van der Waals surface area contributed by atoms with Gasteiger partial charge in [-0.3, -0.25) is 4.79 Å². The van der Waals surface area contributed by atoms with Crippen LogP contribution < -0.4 is 5.32 Å². The summed E-state index contributed by atoms with van der Waals surface area (Å²) in [6.07, 6.45) is 0. The van der Waals surface area contributed by atoms with Crippen LogP contribution in [0.15, 0.2) is 94.6 Å². The van der Waals surface area contributed by atoms with Crippen LogP contribution in [0.3, 0.4) is 0 Å². The highest BCUT2D eigenvalue weighted by molar-refractivity contribution is 7.99. The van der Waals surface area contributed by atoms with Gasteiger partial charge < -0.3 is 9.73 Å². The molecular formula is C24H20N2O2S. The SMILES string of the molecule is Cc1ccc(NC(=O)CSc2nc(-c3ccccc3)c(-c3ccccc3)o2)cc1. The third kappa shape index (κ3) is 4.76. The van der Waals surface area contributed by atoms with Crippen LogP contribution >= 0.6 is 11.8 Å². The van der Waals surface area contributed by atoms with Gasteiger partial charge in [0.05, 0.1) is 5.75 Å². The summed E-state index contributed by atoms with van der Waals surface area (Å²) in [5, 5.41) is 3.37. The average Bonchev–Trinajstić information content (AvgIpc) is 3.20. The fraction of sp³-hybridized carbons (Fsp3) is 0.0833. The molecule has 1 aromatic heterocycles. The Labute approximate surface area is 174 Å². The van der Waals surface area contributed by atoms with Gasteiger partial charge in [0.1, 0.15) is 5.69 Å². The maximum Gasteiger partial charge on any atom is 0.257 e. The van der Waals surface area contributed by atoms with Crippen LogP contribution in [0.1, 0.15) is 5.56 Å². The summed E-state index contributed by atoms with van der Waals surface area (Å²) in [6, 6.07) is 27.5. The molecule has 4 rings (SSSR count). The quantitative estimate of drug-likeness (QED) is 0.400. The molecule has 0 saturated heterocycles. The molecule has 1 amide bonds. The van der Waals surface area contributed by atoms with E-state index in [2.05, 4.69) is 10.3 Å².